The summed E-state index contributed by atoms with van der Waals surface area (Å²) in [6, 6.07) is 4.08. The minimum atomic E-state index is -0.543. The number of halogens is 2. The lowest BCUT2D eigenvalue weighted by Gasteiger charge is -2.17. The summed E-state index contributed by atoms with van der Waals surface area (Å²) in [5, 5.41) is 2.82. The monoisotopic (exact) mass is 289 g/mol. The van der Waals surface area contributed by atoms with Crippen molar-refractivity contribution in [3.8, 4) is 0 Å². The molecule has 0 aliphatic carbocycles. The standard InChI is InChI=1S/C11H13BrFNO2/c1-3-9(11(15)16-2)14-10-7(12)5-4-6-8(10)13/h4-6,9,14H,3H2,1-2H3. The van der Waals surface area contributed by atoms with Gasteiger partial charge < -0.3 is 10.1 Å². The van der Waals surface area contributed by atoms with Gasteiger partial charge in [0.2, 0.25) is 0 Å². The van der Waals surface area contributed by atoms with Crippen LogP contribution in [0.2, 0.25) is 0 Å². The number of para-hydroxylation sites is 1. The fraction of sp³-hybridized carbons (Fsp3) is 0.364. The molecule has 0 radical (unpaired) electrons. The highest BCUT2D eigenvalue weighted by Crippen LogP contribution is 2.26. The second-order valence-electron chi connectivity index (χ2n) is 3.22. The molecule has 1 atom stereocenters. The van der Waals surface area contributed by atoms with Gasteiger partial charge in [0.05, 0.1) is 12.8 Å². The molecule has 0 aromatic heterocycles. The molecule has 1 aromatic carbocycles. The zero-order valence-corrected chi connectivity index (χ0v) is 10.7. The topological polar surface area (TPSA) is 38.3 Å². The number of hydrogen-bond donors (Lipinski definition) is 1. The van der Waals surface area contributed by atoms with Gasteiger partial charge in [0.1, 0.15) is 11.9 Å². The van der Waals surface area contributed by atoms with Gasteiger partial charge in [0, 0.05) is 4.47 Å². The van der Waals surface area contributed by atoms with Gasteiger partial charge in [0.15, 0.2) is 0 Å². The Kier molecular flexibility index (Phi) is 4.73. The normalized spacial score (nSPS) is 12.0. The van der Waals surface area contributed by atoms with Gasteiger partial charge in [-0.05, 0) is 34.5 Å². The number of hydrogen-bond acceptors (Lipinski definition) is 3. The predicted octanol–water partition coefficient (Wildman–Crippen LogP) is 2.95. The maximum atomic E-state index is 13.5. The van der Waals surface area contributed by atoms with Gasteiger partial charge in [-0.15, -0.1) is 0 Å². The summed E-state index contributed by atoms with van der Waals surface area (Å²) in [5.41, 5.74) is 0.278. The number of esters is 1. The van der Waals surface area contributed by atoms with E-state index in [9.17, 15) is 9.18 Å². The minimum Gasteiger partial charge on any atom is -0.467 e. The number of carbonyl (C=O) groups excluding carboxylic acids is 1. The summed E-state index contributed by atoms with van der Waals surface area (Å²) in [6.45, 7) is 1.82. The quantitative estimate of drug-likeness (QED) is 0.866. The molecule has 0 aliphatic rings. The van der Waals surface area contributed by atoms with Gasteiger partial charge in [-0.3, -0.25) is 0 Å². The minimum absolute atomic E-state index is 0.278. The van der Waals surface area contributed by atoms with E-state index in [4.69, 9.17) is 0 Å². The van der Waals surface area contributed by atoms with E-state index in [1.807, 2.05) is 6.92 Å². The third-order valence-electron chi connectivity index (χ3n) is 2.18. The van der Waals surface area contributed by atoms with Crippen molar-refractivity contribution in [2.24, 2.45) is 0 Å². The summed E-state index contributed by atoms with van der Waals surface area (Å²) in [4.78, 5) is 11.3. The highest BCUT2D eigenvalue weighted by atomic mass is 79.9. The summed E-state index contributed by atoms with van der Waals surface area (Å²) in [6.07, 6.45) is 0.521. The molecular weight excluding hydrogens is 277 g/mol. The molecule has 1 unspecified atom stereocenters. The number of benzene rings is 1. The van der Waals surface area contributed by atoms with Crippen LogP contribution < -0.4 is 5.32 Å². The number of anilines is 1. The predicted molar refractivity (Wildman–Crippen MR) is 63.8 cm³/mol. The van der Waals surface area contributed by atoms with Crippen molar-refractivity contribution in [2.75, 3.05) is 12.4 Å². The zero-order valence-electron chi connectivity index (χ0n) is 9.09. The molecule has 1 aromatic rings. The average molecular weight is 290 g/mol. The van der Waals surface area contributed by atoms with Crippen molar-refractivity contribution >= 4 is 27.6 Å². The van der Waals surface area contributed by atoms with Crippen LogP contribution in [-0.4, -0.2) is 19.1 Å². The molecule has 0 fully saturated rings. The zero-order chi connectivity index (χ0) is 12.1. The van der Waals surface area contributed by atoms with Crippen LogP contribution in [-0.2, 0) is 9.53 Å². The van der Waals surface area contributed by atoms with Crippen molar-refractivity contribution in [1.29, 1.82) is 0 Å². The van der Waals surface area contributed by atoms with E-state index in [-0.39, 0.29) is 5.69 Å². The van der Waals surface area contributed by atoms with Gasteiger partial charge in [-0.1, -0.05) is 13.0 Å². The summed E-state index contributed by atoms with van der Waals surface area (Å²) in [7, 11) is 1.31. The van der Waals surface area contributed by atoms with E-state index in [0.29, 0.717) is 10.9 Å². The van der Waals surface area contributed by atoms with Crippen LogP contribution >= 0.6 is 15.9 Å². The highest BCUT2D eigenvalue weighted by Gasteiger charge is 2.19. The first kappa shape index (κ1) is 13.0. The molecule has 0 amide bonds. The van der Waals surface area contributed by atoms with Crippen LogP contribution in [0.1, 0.15) is 13.3 Å². The molecule has 3 nitrogen and oxygen atoms in total. The highest BCUT2D eigenvalue weighted by molar-refractivity contribution is 9.10. The van der Waals surface area contributed by atoms with Gasteiger partial charge in [-0.2, -0.15) is 0 Å². The number of ether oxygens (including phenoxy) is 1. The van der Waals surface area contributed by atoms with Gasteiger partial charge in [0.25, 0.3) is 0 Å². The number of methoxy groups -OCH3 is 1. The molecule has 0 saturated carbocycles. The van der Waals surface area contributed by atoms with Crippen molar-refractivity contribution in [3.63, 3.8) is 0 Å². The first-order valence-electron chi connectivity index (χ1n) is 4.88. The summed E-state index contributed by atoms with van der Waals surface area (Å²) < 4.78 is 18.7. The lowest BCUT2D eigenvalue weighted by atomic mass is 10.2. The van der Waals surface area contributed by atoms with E-state index >= 15 is 0 Å². The molecule has 88 valence electrons. The van der Waals surface area contributed by atoms with Crippen molar-refractivity contribution in [3.05, 3.63) is 28.5 Å². The fourth-order valence-corrected chi connectivity index (χ4v) is 1.74. The second-order valence-corrected chi connectivity index (χ2v) is 4.08. The van der Waals surface area contributed by atoms with Crippen LogP contribution in [0.5, 0.6) is 0 Å². The fourth-order valence-electron chi connectivity index (χ4n) is 1.28. The lowest BCUT2D eigenvalue weighted by molar-refractivity contribution is -0.141. The number of carbonyl (C=O) groups is 1. The Morgan fingerprint density at radius 2 is 2.31 bits per heavy atom. The molecule has 16 heavy (non-hydrogen) atoms. The molecule has 0 aliphatic heterocycles. The molecule has 0 bridgehead atoms. The van der Waals surface area contributed by atoms with Crippen molar-refractivity contribution in [1.82, 2.24) is 0 Å². The van der Waals surface area contributed by atoms with E-state index < -0.39 is 17.8 Å². The molecule has 1 rings (SSSR count). The molecule has 1 N–H and O–H groups in total. The number of rotatable bonds is 4. The smallest absolute Gasteiger partial charge is 0.328 e. The van der Waals surface area contributed by atoms with Crippen LogP contribution in [0.25, 0.3) is 0 Å². The Bertz CT molecular complexity index is 364. The van der Waals surface area contributed by atoms with Crippen LogP contribution in [0.4, 0.5) is 10.1 Å². The Labute approximate surface area is 102 Å². The van der Waals surface area contributed by atoms with Crippen molar-refractivity contribution < 1.29 is 13.9 Å². The van der Waals surface area contributed by atoms with E-state index in [1.165, 1.54) is 13.2 Å². The molecule has 5 heteroatoms. The Morgan fingerprint density at radius 3 is 2.81 bits per heavy atom. The third-order valence-corrected chi connectivity index (χ3v) is 2.84. The van der Waals surface area contributed by atoms with Crippen molar-refractivity contribution in [2.45, 2.75) is 19.4 Å². The maximum absolute atomic E-state index is 13.5. The first-order chi connectivity index (χ1) is 7.60. The van der Waals surface area contributed by atoms with E-state index in [1.54, 1.807) is 12.1 Å². The van der Waals surface area contributed by atoms with Crippen LogP contribution in [0.3, 0.4) is 0 Å². The largest absolute Gasteiger partial charge is 0.467 e. The lowest BCUT2D eigenvalue weighted by Crippen LogP contribution is -2.30. The molecule has 0 heterocycles. The van der Waals surface area contributed by atoms with Gasteiger partial charge in [-0.25, -0.2) is 9.18 Å². The van der Waals surface area contributed by atoms with E-state index in [0.717, 1.165) is 0 Å². The second kappa shape index (κ2) is 5.84. The van der Waals surface area contributed by atoms with Gasteiger partial charge >= 0.3 is 5.97 Å². The number of nitrogens with one attached hydrogen (secondary N) is 1. The Morgan fingerprint density at radius 1 is 1.62 bits per heavy atom. The Hall–Kier alpha value is -1.10. The van der Waals surface area contributed by atoms with Crippen LogP contribution in [0, 0.1) is 5.82 Å². The SMILES string of the molecule is CCC(Nc1c(F)cccc1Br)C(=O)OC. The summed E-state index contributed by atoms with van der Waals surface area (Å²) in [5.74, 6) is -0.811. The maximum Gasteiger partial charge on any atom is 0.328 e. The first-order valence-corrected chi connectivity index (χ1v) is 5.67. The summed E-state index contributed by atoms with van der Waals surface area (Å²) >= 11 is 3.22. The molecule has 0 saturated heterocycles. The Balaban J connectivity index is 2.90. The van der Waals surface area contributed by atoms with Crippen LogP contribution in [0.15, 0.2) is 22.7 Å². The molecular formula is C11H13BrFNO2. The molecule has 0 spiro atoms. The average Bonchev–Trinajstić information content (AvgIpc) is 2.28. The third kappa shape index (κ3) is 2.95. The van der Waals surface area contributed by atoms with E-state index in [2.05, 4.69) is 26.0 Å².